The molecule has 0 spiro atoms. The van der Waals surface area contributed by atoms with E-state index in [4.69, 9.17) is 10.9 Å². The third-order valence-electron chi connectivity index (χ3n) is 4.41. The Morgan fingerprint density at radius 1 is 1.32 bits per heavy atom. The molecule has 1 aliphatic heterocycles. The lowest BCUT2D eigenvalue weighted by Crippen LogP contribution is -2.58. The molecule has 6 heteroatoms. The number of likely N-dealkylation sites (N-methyl/N-ethyl adjacent to an activating group) is 1. The van der Waals surface area contributed by atoms with Gasteiger partial charge in [-0.05, 0) is 38.8 Å². The van der Waals surface area contributed by atoms with Gasteiger partial charge in [-0.2, -0.15) is 0 Å². The van der Waals surface area contributed by atoms with E-state index >= 15 is 0 Å². The summed E-state index contributed by atoms with van der Waals surface area (Å²) in [5, 5.41) is 12.1. The maximum Gasteiger partial charge on any atom is 0.236 e. The lowest BCUT2D eigenvalue weighted by Gasteiger charge is -2.46. The predicted octanol–water partition coefficient (Wildman–Crippen LogP) is 0.313. The molecule has 0 aromatic rings. The van der Waals surface area contributed by atoms with Crippen LogP contribution in [0.3, 0.4) is 0 Å². The molecule has 3 N–H and O–H groups in total. The van der Waals surface area contributed by atoms with Gasteiger partial charge < -0.3 is 20.7 Å². The summed E-state index contributed by atoms with van der Waals surface area (Å²) in [7, 11) is 2.07. The van der Waals surface area contributed by atoms with E-state index in [1.165, 1.54) is 0 Å². The van der Waals surface area contributed by atoms with Crippen molar-refractivity contribution in [1.82, 2.24) is 9.80 Å². The molecule has 1 saturated carbocycles. The van der Waals surface area contributed by atoms with Crippen LogP contribution in [0.2, 0.25) is 0 Å². The van der Waals surface area contributed by atoms with Gasteiger partial charge in [-0.1, -0.05) is 12.1 Å². The van der Waals surface area contributed by atoms with Crippen molar-refractivity contribution >= 4 is 11.7 Å². The number of carbonyl (C=O) groups is 1. The standard InChI is InChI=1S/C13H24N4O2/c1-10-8-13(9-10,11(14)15-19)12(18)17-5-3-4-16(2)6-7-17/h10,19H,3-9H2,1-2H3,(H2,14,15). The Bertz CT molecular complexity index is 377. The molecular formula is C13H24N4O2. The molecule has 0 unspecified atom stereocenters. The average Bonchev–Trinajstić information content (AvgIpc) is 2.57. The van der Waals surface area contributed by atoms with Gasteiger partial charge in [0.25, 0.3) is 0 Å². The first-order valence-corrected chi connectivity index (χ1v) is 6.95. The number of nitrogens with zero attached hydrogens (tertiary/aromatic N) is 3. The average molecular weight is 268 g/mol. The van der Waals surface area contributed by atoms with E-state index in [0.29, 0.717) is 18.8 Å². The van der Waals surface area contributed by atoms with Crippen molar-refractivity contribution in [1.29, 1.82) is 0 Å². The van der Waals surface area contributed by atoms with Crippen molar-refractivity contribution in [2.75, 3.05) is 33.2 Å². The molecule has 1 aliphatic carbocycles. The van der Waals surface area contributed by atoms with E-state index < -0.39 is 5.41 Å². The van der Waals surface area contributed by atoms with E-state index in [2.05, 4.69) is 24.0 Å². The molecule has 1 amide bonds. The highest BCUT2D eigenvalue weighted by molar-refractivity contribution is 6.07. The Morgan fingerprint density at radius 2 is 2.00 bits per heavy atom. The second-order valence-corrected chi connectivity index (χ2v) is 6.03. The van der Waals surface area contributed by atoms with Gasteiger partial charge in [0.2, 0.25) is 5.91 Å². The minimum Gasteiger partial charge on any atom is -0.409 e. The highest BCUT2D eigenvalue weighted by Crippen LogP contribution is 2.47. The Hall–Kier alpha value is -1.30. The van der Waals surface area contributed by atoms with Gasteiger partial charge in [-0.15, -0.1) is 0 Å². The first kappa shape index (κ1) is 14.1. The van der Waals surface area contributed by atoms with E-state index in [9.17, 15) is 4.79 Å². The van der Waals surface area contributed by atoms with Crippen molar-refractivity contribution in [3.63, 3.8) is 0 Å². The van der Waals surface area contributed by atoms with Crippen LogP contribution in [-0.4, -0.2) is 60.0 Å². The van der Waals surface area contributed by atoms with Gasteiger partial charge in [0.15, 0.2) is 5.84 Å². The molecule has 0 aromatic heterocycles. The lowest BCUT2D eigenvalue weighted by atomic mass is 9.61. The maximum absolute atomic E-state index is 12.7. The molecule has 1 heterocycles. The first-order chi connectivity index (χ1) is 8.99. The first-order valence-electron chi connectivity index (χ1n) is 6.95. The summed E-state index contributed by atoms with van der Waals surface area (Å²) in [5.41, 5.74) is 5.04. The summed E-state index contributed by atoms with van der Waals surface area (Å²) in [6.45, 7) is 5.47. The van der Waals surface area contributed by atoms with Gasteiger partial charge >= 0.3 is 0 Å². The molecule has 108 valence electrons. The number of carbonyl (C=O) groups excluding carboxylic acids is 1. The second-order valence-electron chi connectivity index (χ2n) is 6.03. The van der Waals surface area contributed by atoms with Gasteiger partial charge in [-0.3, -0.25) is 4.79 Å². The highest BCUT2D eigenvalue weighted by Gasteiger charge is 2.53. The van der Waals surface area contributed by atoms with E-state index in [1.807, 2.05) is 4.90 Å². The van der Waals surface area contributed by atoms with Crippen LogP contribution in [0.1, 0.15) is 26.2 Å². The number of hydrogen-bond donors (Lipinski definition) is 2. The normalized spacial score (nSPS) is 33.7. The Labute approximate surface area is 114 Å². The monoisotopic (exact) mass is 268 g/mol. The van der Waals surface area contributed by atoms with Crippen LogP contribution in [0.15, 0.2) is 5.16 Å². The van der Waals surface area contributed by atoms with Crippen molar-refractivity contribution < 1.29 is 10.0 Å². The number of amides is 1. The number of rotatable bonds is 2. The fourth-order valence-corrected chi connectivity index (χ4v) is 3.27. The van der Waals surface area contributed by atoms with E-state index in [0.717, 1.165) is 32.6 Å². The fourth-order valence-electron chi connectivity index (χ4n) is 3.27. The van der Waals surface area contributed by atoms with Crippen molar-refractivity contribution in [3.8, 4) is 0 Å². The van der Waals surface area contributed by atoms with Crippen molar-refractivity contribution in [2.45, 2.75) is 26.2 Å². The SMILES string of the molecule is CC1CC(C(=O)N2CCCN(C)CC2)(C(N)=NO)C1. The van der Waals surface area contributed by atoms with Crippen LogP contribution >= 0.6 is 0 Å². The van der Waals surface area contributed by atoms with Gasteiger partial charge in [0, 0.05) is 19.6 Å². The van der Waals surface area contributed by atoms with Crippen LogP contribution in [-0.2, 0) is 4.79 Å². The molecule has 0 atom stereocenters. The molecule has 2 fully saturated rings. The largest absolute Gasteiger partial charge is 0.409 e. The fraction of sp³-hybridized carbons (Fsp3) is 0.846. The number of nitrogens with two attached hydrogens (primary N) is 1. The molecule has 0 radical (unpaired) electrons. The van der Waals surface area contributed by atoms with Crippen LogP contribution in [0.25, 0.3) is 0 Å². The van der Waals surface area contributed by atoms with Crippen LogP contribution in [0.4, 0.5) is 0 Å². The molecule has 0 bridgehead atoms. The molecule has 6 nitrogen and oxygen atoms in total. The quantitative estimate of drug-likeness (QED) is 0.327. The van der Waals surface area contributed by atoms with Gasteiger partial charge in [0.05, 0.1) is 0 Å². The molecule has 19 heavy (non-hydrogen) atoms. The van der Waals surface area contributed by atoms with Gasteiger partial charge in [-0.25, -0.2) is 0 Å². The molecule has 0 aromatic carbocycles. The third kappa shape index (κ3) is 2.54. The molecule has 1 saturated heterocycles. The smallest absolute Gasteiger partial charge is 0.236 e. The number of oxime groups is 1. The lowest BCUT2D eigenvalue weighted by molar-refractivity contribution is -0.144. The second kappa shape index (κ2) is 5.36. The molecular weight excluding hydrogens is 244 g/mol. The van der Waals surface area contributed by atoms with Crippen molar-refractivity contribution in [3.05, 3.63) is 0 Å². The summed E-state index contributed by atoms with van der Waals surface area (Å²) in [5.74, 6) is 0.573. The van der Waals surface area contributed by atoms with Crippen LogP contribution in [0.5, 0.6) is 0 Å². The molecule has 2 aliphatic rings. The minimum absolute atomic E-state index is 0.0381. The minimum atomic E-state index is -0.753. The topological polar surface area (TPSA) is 82.2 Å². The van der Waals surface area contributed by atoms with Crippen LogP contribution in [0, 0.1) is 11.3 Å². The van der Waals surface area contributed by atoms with E-state index in [1.54, 1.807) is 0 Å². The summed E-state index contributed by atoms with van der Waals surface area (Å²) in [6, 6.07) is 0. The summed E-state index contributed by atoms with van der Waals surface area (Å²) >= 11 is 0. The Morgan fingerprint density at radius 3 is 2.58 bits per heavy atom. The Balaban J connectivity index is 2.12. The van der Waals surface area contributed by atoms with Crippen molar-refractivity contribution in [2.24, 2.45) is 22.2 Å². The van der Waals surface area contributed by atoms with E-state index in [-0.39, 0.29) is 11.7 Å². The zero-order valence-corrected chi connectivity index (χ0v) is 11.8. The summed E-state index contributed by atoms with van der Waals surface area (Å²) < 4.78 is 0. The number of hydrogen-bond acceptors (Lipinski definition) is 4. The zero-order valence-electron chi connectivity index (χ0n) is 11.8. The summed E-state index contributed by atoms with van der Waals surface area (Å²) in [6.07, 6.45) is 2.35. The van der Waals surface area contributed by atoms with Gasteiger partial charge in [0.1, 0.15) is 5.41 Å². The molecule has 2 rings (SSSR count). The predicted molar refractivity (Wildman–Crippen MR) is 72.9 cm³/mol. The van der Waals surface area contributed by atoms with Crippen LogP contribution < -0.4 is 5.73 Å². The maximum atomic E-state index is 12.7. The third-order valence-corrected chi connectivity index (χ3v) is 4.41. The summed E-state index contributed by atoms with van der Waals surface area (Å²) in [4.78, 5) is 16.9. The number of amidine groups is 1. The highest BCUT2D eigenvalue weighted by atomic mass is 16.4. The zero-order chi connectivity index (χ0) is 14.0. The Kier molecular flexibility index (Phi) is 3.99.